The van der Waals surface area contributed by atoms with E-state index >= 15 is 0 Å². The minimum Gasteiger partial charge on any atom is -0.353 e. The van der Waals surface area contributed by atoms with Crippen molar-refractivity contribution in [1.29, 1.82) is 0 Å². The normalized spacial score (nSPS) is 22.0. The van der Waals surface area contributed by atoms with Crippen molar-refractivity contribution in [2.24, 2.45) is 17.4 Å². The van der Waals surface area contributed by atoms with Gasteiger partial charge in [0, 0.05) is 26.2 Å². The van der Waals surface area contributed by atoms with Gasteiger partial charge >= 0.3 is 0 Å². The van der Waals surface area contributed by atoms with Crippen molar-refractivity contribution in [3.63, 3.8) is 0 Å². The van der Waals surface area contributed by atoms with Crippen LogP contribution >= 0.6 is 0 Å². The van der Waals surface area contributed by atoms with Gasteiger partial charge in [-0.2, -0.15) is 0 Å². The molecule has 0 aromatic heterocycles. The first kappa shape index (κ1) is 14.3. The largest absolute Gasteiger partial charge is 0.353 e. The standard InChI is InChI=1S/C8H16N2O.C2H8N2/c1-6(2)7-8(11)9-4-5-10(7)3;3-1-2-4/h6-7H,4-5H2,1-3H3,(H,9,11);1-4H2. The molecule has 90 valence electrons. The first-order valence-electron chi connectivity index (χ1n) is 5.42. The third kappa shape index (κ3) is 5.11. The molecule has 0 aliphatic carbocycles. The molecule has 5 nitrogen and oxygen atoms in total. The minimum absolute atomic E-state index is 0.0729. The lowest BCUT2D eigenvalue weighted by Crippen LogP contribution is -2.55. The Morgan fingerprint density at radius 1 is 1.47 bits per heavy atom. The Labute approximate surface area is 92.2 Å². The summed E-state index contributed by atoms with van der Waals surface area (Å²) in [5.74, 6) is 0.578. The smallest absolute Gasteiger partial charge is 0.237 e. The Morgan fingerprint density at radius 3 is 2.27 bits per heavy atom. The molecular weight excluding hydrogens is 192 g/mol. The topological polar surface area (TPSA) is 84.4 Å². The zero-order valence-electron chi connectivity index (χ0n) is 9.99. The predicted octanol–water partition coefficient (Wildman–Crippen LogP) is -1.02. The van der Waals surface area contributed by atoms with Gasteiger partial charge in [-0.25, -0.2) is 0 Å². The zero-order chi connectivity index (χ0) is 11.8. The van der Waals surface area contributed by atoms with Crippen LogP contribution in [0.3, 0.4) is 0 Å². The molecule has 1 aliphatic rings. The molecule has 0 aromatic carbocycles. The lowest BCUT2D eigenvalue weighted by molar-refractivity contribution is -0.129. The summed E-state index contributed by atoms with van der Waals surface area (Å²) in [6, 6.07) is 0.0729. The van der Waals surface area contributed by atoms with Crippen LogP contribution in [0.4, 0.5) is 0 Å². The fourth-order valence-electron chi connectivity index (χ4n) is 1.61. The van der Waals surface area contributed by atoms with Crippen LogP contribution in [0.15, 0.2) is 0 Å². The second-order valence-corrected chi connectivity index (χ2v) is 4.04. The van der Waals surface area contributed by atoms with E-state index in [1.54, 1.807) is 0 Å². The molecule has 1 aliphatic heterocycles. The molecule has 1 amide bonds. The summed E-state index contributed by atoms with van der Waals surface area (Å²) in [6.07, 6.45) is 0. The van der Waals surface area contributed by atoms with Gasteiger partial charge in [0.05, 0.1) is 6.04 Å². The molecule has 1 saturated heterocycles. The van der Waals surface area contributed by atoms with E-state index in [0.717, 1.165) is 13.1 Å². The van der Waals surface area contributed by atoms with Crippen LogP contribution in [0.2, 0.25) is 0 Å². The number of likely N-dealkylation sites (N-methyl/N-ethyl adjacent to an activating group) is 1. The molecular formula is C10H24N4O. The fourth-order valence-corrected chi connectivity index (χ4v) is 1.61. The van der Waals surface area contributed by atoms with Gasteiger partial charge in [0.1, 0.15) is 0 Å². The molecule has 0 bridgehead atoms. The van der Waals surface area contributed by atoms with Crippen molar-refractivity contribution < 1.29 is 4.79 Å². The number of hydrogen-bond donors (Lipinski definition) is 3. The van der Waals surface area contributed by atoms with E-state index in [9.17, 15) is 4.79 Å². The van der Waals surface area contributed by atoms with Gasteiger partial charge in [-0.1, -0.05) is 13.8 Å². The van der Waals surface area contributed by atoms with E-state index in [4.69, 9.17) is 11.5 Å². The van der Waals surface area contributed by atoms with Crippen LogP contribution in [0.5, 0.6) is 0 Å². The van der Waals surface area contributed by atoms with Crippen LogP contribution in [-0.2, 0) is 4.79 Å². The van der Waals surface area contributed by atoms with Crippen molar-refractivity contribution in [2.75, 3.05) is 33.2 Å². The summed E-state index contributed by atoms with van der Waals surface area (Å²) in [6.45, 7) is 7.10. The molecule has 1 fully saturated rings. The van der Waals surface area contributed by atoms with Gasteiger partial charge in [-0.05, 0) is 13.0 Å². The van der Waals surface area contributed by atoms with Crippen LogP contribution in [0, 0.1) is 5.92 Å². The first-order chi connectivity index (χ1) is 7.04. The maximum absolute atomic E-state index is 11.3. The number of carbonyl (C=O) groups excluding carboxylic acids is 1. The highest BCUT2D eigenvalue weighted by Crippen LogP contribution is 2.10. The quantitative estimate of drug-likeness (QED) is 0.551. The molecule has 5 N–H and O–H groups in total. The van der Waals surface area contributed by atoms with E-state index in [1.807, 2.05) is 7.05 Å². The molecule has 15 heavy (non-hydrogen) atoms. The second kappa shape index (κ2) is 7.62. The zero-order valence-corrected chi connectivity index (χ0v) is 9.99. The minimum atomic E-state index is 0.0729. The highest BCUT2D eigenvalue weighted by molar-refractivity contribution is 5.82. The highest BCUT2D eigenvalue weighted by atomic mass is 16.2. The van der Waals surface area contributed by atoms with Gasteiger partial charge in [-0.3, -0.25) is 9.69 Å². The Balaban J connectivity index is 0.000000423. The Hall–Kier alpha value is -0.650. The molecule has 0 aromatic rings. The SMILES string of the molecule is CC(C)C1C(=O)NCCN1C.NCCN. The average molecular weight is 216 g/mol. The summed E-state index contributed by atoms with van der Waals surface area (Å²) in [7, 11) is 2.00. The summed E-state index contributed by atoms with van der Waals surface area (Å²) < 4.78 is 0. The van der Waals surface area contributed by atoms with Crippen molar-refractivity contribution in [2.45, 2.75) is 19.9 Å². The van der Waals surface area contributed by atoms with E-state index in [0.29, 0.717) is 19.0 Å². The van der Waals surface area contributed by atoms with Crippen LogP contribution in [0.25, 0.3) is 0 Å². The number of hydrogen-bond acceptors (Lipinski definition) is 4. The van der Waals surface area contributed by atoms with Crippen molar-refractivity contribution in [1.82, 2.24) is 10.2 Å². The molecule has 5 heteroatoms. The molecule has 1 rings (SSSR count). The van der Waals surface area contributed by atoms with Gasteiger partial charge in [0.15, 0.2) is 0 Å². The summed E-state index contributed by atoms with van der Waals surface area (Å²) in [5, 5.41) is 2.86. The lowest BCUT2D eigenvalue weighted by atomic mass is 10.0. The second-order valence-electron chi connectivity index (χ2n) is 4.04. The fraction of sp³-hybridized carbons (Fsp3) is 0.900. The molecule has 1 unspecified atom stereocenters. The Kier molecular flexibility index (Phi) is 7.29. The first-order valence-corrected chi connectivity index (χ1v) is 5.42. The van der Waals surface area contributed by atoms with Crippen LogP contribution in [-0.4, -0.2) is 50.1 Å². The number of nitrogens with one attached hydrogen (secondary N) is 1. The number of nitrogens with zero attached hydrogens (tertiary/aromatic N) is 1. The molecule has 0 spiro atoms. The van der Waals surface area contributed by atoms with Crippen LogP contribution < -0.4 is 16.8 Å². The molecule has 0 radical (unpaired) electrons. The number of nitrogens with two attached hydrogens (primary N) is 2. The van der Waals surface area contributed by atoms with Crippen molar-refractivity contribution >= 4 is 5.91 Å². The number of amides is 1. The maximum Gasteiger partial charge on any atom is 0.237 e. The number of piperazine rings is 1. The van der Waals surface area contributed by atoms with Gasteiger partial charge in [0.25, 0.3) is 0 Å². The monoisotopic (exact) mass is 216 g/mol. The van der Waals surface area contributed by atoms with E-state index in [1.165, 1.54) is 0 Å². The average Bonchev–Trinajstić information content (AvgIpc) is 2.17. The number of rotatable bonds is 2. The number of carbonyl (C=O) groups is 1. The van der Waals surface area contributed by atoms with Gasteiger partial charge < -0.3 is 16.8 Å². The summed E-state index contributed by atoms with van der Waals surface area (Å²) in [5.41, 5.74) is 9.81. The van der Waals surface area contributed by atoms with Crippen LogP contribution in [0.1, 0.15) is 13.8 Å². The van der Waals surface area contributed by atoms with E-state index in [2.05, 4.69) is 24.1 Å². The Morgan fingerprint density at radius 2 is 2.00 bits per heavy atom. The maximum atomic E-state index is 11.3. The van der Waals surface area contributed by atoms with Crippen molar-refractivity contribution in [3.05, 3.63) is 0 Å². The molecule has 0 saturated carbocycles. The highest BCUT2D eigenvalue weighted by Gasteiger charge is 2.28. The van der Waals surface area contributed by atoms with Gasteiger partial charge in [-0.15, -0.1) is 0 Å². The van der Waals surface area contributed by atoms with Gasteiger partial charge in [0.2, 0.25) is 5.91 Å². The van der Waals surface area contributed by atoms with E-state index < -0.39 is 0 Å². The van der Waals surface area contributed by atoms with E-state index in [-0.39, 0.29) is 11.9 Å². The Bertz CT molecular complexity index is 182. The molecule has 1 atom stereocenters. The predicted molar refractivity (Wildman–Crippen MR) is 62.4 cm³/mol. The summed E-state index contributed by atoms with van der Waals surface area (Å²) >= 11 is 0. The molecule has 1 heterocycles. The van der Waals surface area contributed by atoms with Crippen molar-refractivity contribution in [3.8, 4) is 0 Å². The third-order valence-electron chi connectivity index (χ3n) is 2.31. The third-order valence-corrected chi connectivity index (χ3v) is 2.31. The summed E-state index contributed by atoms with van der Waals surface area (Å²) in [4.78, 5) is 13.4. The lowest BCUT2D eigenvalue weighted by Gasteiger charge is -2.34.